The summed E-state index contributed by atoms with van der Waals surface area (Å²) >= 11 is 0. The molecular weight excluding hydrogens is 124 g/mol. The van der Waals surface area contributed by atoms with Crippen LogP contribution in [-0.4, -0.2) is 11.7 Å². The van der Waals surface area contributed by atoms with Gasteiger partial charge in [0.25, 0.3) is 0 Å². The monoisotopic (exact) mass is 142 g/mol. The van der Waals surface area contributed by atoms with Crippen molar-refractivity contribution in [3.05, 3.63) is 0 Å². The molecule has 1 nitrogen and oxygen atoms in total. The number of aliphatic hydroxyl groups excluding tert-OH is 1. The third-order valence-corrected chi connectivity index (χ3v) is 3.48. The van der Waals surface area contributed by atoms with Crippen LogP contribution in [0.4, 0.5) is 0 Å². The quantitative estimate of drug-likeness (QED) is 0.640. The average molecular weight is 142 g/mol. The Kier molecular flexibility index (Phi) is 1.80. The van der Waals surface area contributed by atoms with Gasteiger partial charge in [0.15, 0.2) is 0 Å². The Bertz CT molecular complexity index is 119. The first-order valence-corrected chi connectivity index (χ1v) is 4.19. The van der Waals surface area contributed by atoms with Crippen LogP contribution in [0.5, 0.6) is 0 Å². The predicted octanol–water partition coefficient (Wildman–Crippen LogP) is 2.20. The van der Waals surface area contributed by atoms with Crippen molar-refractivity contribution in [2.45, 2.75) is 40.0 Å². The molecule has 0 spiro atoms. The largest absolute Gasteiger partial charge is 0.396 e. The molecular formula is C9H18O. The molecule has 0 heterocycles. The van der Waals surface area contributed by atoms with Gasteiger partial charge in [-0.05, 0) is 23.7 Å². The lowest BCUT2D eigenvalue weighted by Gasteiger charge is -2.32. The van der Waals surface area contributed by atoms with Crippen molar-refractivity contribution in [2.24, 2.45) is 10.8 Å². The maximum Gasteiger partial charge on any atom is 0.0492 e. The van der Waals surface area contributed by atoms with E-state index in [0.29, 0.717) is 17.4 Å². The average Bonchev–Trinajstić information content (AvgIpc) is 2.67. The Balaban J connectivity index is 2.62. The number of hydrogen-bond donors (Lipinski definition) is 1. The Morgan fingerprint density at radius 3 is 2.00 bits per heavy atom. The topological polar surface area (TPSA) is 20.2 Å². The fraction of sp³-hybridized carbons (Fsp3) is 1.00. The third-order valence-electron chi connectivity index (χ3n) is 3.48. The molecule has 0 amide bonds. The van der Waals surface area contributed by atoms with E-state index in [1.807, 2.05) is 0 Å². The van der Waals surface area contributed by atoms with E-state index in [-0.39, 0.29) is 0 Å². The van der Waals surface area contributed by atoms with Crippen molar-refractivity contribution in [1.82, 2.24) is 0 Å². The van der Waals surface area contributed by atoms with Crippen molar-refractivity contribution >= 4 is 0 Å². The van der Waals surface area contributed by atoms with Crippen LogP contribution in [0.2, 0.25) is 0 Å². The first kappa shape index (κ1) is 8.06. The molecule has 1 N–H and O–H groups in total. The molecule has 1 aliphatic carbocycles. The summed E-state index contributed by atoms with van der Waals surface area (Å²) in [7, 11) is 0. The number of hydrogen-bond acceptors (Lipinski definition) is 1. The van der Waals surface area contributed by atoms with E-state index in [9.17, 15) is 0 Å². The lowest BCUT2D eigenvalue weighted by molar-refractivity contribution is 0.0915. The van der Waals surface area contributed by atoms with Gasteiger partial charge in [-0.25, -0.2) is 0 Å². The summed E-state index contributed by atoms with van der Waals surface area (Å²) in [5, 5.41) is 9.12. The zero-order valence-electron chi connectivity index (χ0n) is 7.28. The highest BCUT2D eigenvalue weighted by Gasteiger charge is 2.52. The van der Waals surface area contributed by atoms with Gasteiger partial charge >= 0.3 is 0 Å². The Morgan fingerprint density at radius 2 is 1.90 bits per heavy atom. The van der Waals surface area contributed by atoms with E-state index in [1.54, 1.807) is 0 Å². The van der Waals surface area contributed by atoms with Crippen molar-refractivity contribution in [3.63, 3.8) is 0 Å². The zero-order valence-corrected chi connectivity index (χ0v) is 7.28. The highest BCUT2D eigenvalue weighted by atomic mass is 16.3. The SMILES string of the molecule is CCC(C)(C)C1(CO)CC1. The van der Waals surface area contributed by atoms with Crippen LogP contribution in [0, 0.1) is 10.8 Å². The van der Waals surface area contributed by atoms with Crippen LogP contribution >= 0.6 is 0 Å². The summed E-state index contributed by atoms with van der Waals surface area (Å²) in [5.41, 5.74) is 0.642. The zero-order chi connectivity index (χ0) is 7.83. The van der Waals surface area contributed by atoms with Crippen LogP contribution in [0.25, 0.3) is 0 Å². The van der Waals surface area contributed by atoms with E-state index in [4.69, 9.17) is 5.11 Å². The van der Waals surface area contributed by atoms with E-state index < -0.39 is 0 Å². The Morgan fingerprint density at radius 1 is 1.40 bits per heavy atom. The van der Waals surface area contributed by atoms with Crippen LogP contribution in [-0.2, 0) is 0 Å². The lowest BCUT2D eigenvalue weighted by Crippen LogP contribution is -2.27. The molecule has 0 atom stereocenters. The van der Waals surface area contributed by atoms with Gasteiger partial charge in [-0.1, -0.05) is 27.2 Å². The second kappa shape index (κ2) is 2.23. The predicted molar refractivity (Wildman–Crippen MR) is 42.8 cm³/mol. The van der Waals surface area contributed by atoms with Gasteiger partial charge in [-0.3, -0.25) is 0 Å². The van der Waals surface area contributed by atoms with Crippen LogP contribution in [0.15, 0.2) is 0 Å². The minimum atomic E-state index is 0.293. The van der Waals surface area contributed by atoms with Crippen molar-refractivity contribution in [1.29, 1.82) is 0 Å². The van der Waals surface area contributed by atoms with E-state index in [2.05, 4.69) is 20.8 Å². The molecule has 0 saturated heterocycles. The standard InChI is InChI=1S/C9H18O/c1-4-8(2,3)9(7-10)5-6-9/h10H,4-7H2,1-3H3. The molecule has 1 fully saturated rings. The fourth-order valence-electron chi connectivity index (χ4n) is 1.57. The minimum Gasteiger partial charge on any atom is -0.396 e. The van der Waals surface area contributed by atoms with Crippen LogP contribution in [0.1, 0.15) is 40.0 Å². The Hall–Kier alpha value is -0.0400. The van der Waals surface area contributed by atoms with Crippen molar-refractivity contribution in [3.8, 4) is 0 Å². The van der Waals surface area contributed by atoms with Gasteiger partial charge in [-0.2, -0.15) is 0 Å². The first-order chi connectivity index (χ1) is 4.58. The third kappa shape index (κ3) is 0.968. The van der Waals surface area contributed by atoms with E-state index >= 15 is 0 Å². The molecule has 60 valence electrons. The smallest absolute Gasteiger partial charge is 0.0492 e. The maximum absolute atomic E-state index is 9.12. The van der Waals surface area contributed by atoms with Crippen molar-refractivity contribution in [2.75, 3.05) is 6.61 Å². The highest BCUT2D eigenvalue weighted by molar-refractivity contribution is 5.02. The minimum absolute atomic E-state index is 0.293. The molecule has 0 aromatic rings. The summed E-state index contributed by atoms with van der Waals surface area (Å²) in [6, 6.07) is 0. The highest BCUT2D eigenvalue weighted by Crippen LogP contribution is 2.59. The number of aliphatic hydroxyl groups is 1. The molecule has 0 bridgehead atoms. The summed E-state index contributed by atoms with van der Waals surface area (Å²) in [4.78, 5) is 0. The van der Waals surface area contributed by atoms with Crippen LogP contribution in [0.3, 0.4) is 0 Å². The molecule has 10 heavy (non-hydrogen) atoms. The summed E-state index contributed by atoms with van der Waals surface area (Å²) in [6.07, 6.45) is 3.63. The molecule has 0 radical (unpaired) electrons. The molecule has 1 rings (SSSR count). The van der Waals surface area contributed by atoms with Crippen molar-refractivity contribution < 1.29 is 5.11 Å². The second-order valence-corrected chi connectivity index (χ2v) is 4.18. The first-order valence-electron chi connectivity index (χ1n) is 4.19. The van der Waals surface area contributed by atoms with Gasteiger partial charge in [0.2, 0.25) is 0 Å². The molecule has 0 unspecified atom stereocenters. The molecule has 0 aromatic heterocycles. The molecule has 1 heteroatoms. The molecule has 1 saturated carbocycles. The second-order valence-electron chi connectivity index (χ2n) is 4.18. The lowest BCUT2D eigenvalue weighted by atomic mass is 9.74. The van der Waals surface area contributed by atoms with Gasteiger partial charge in [-0.15, -0.1) is 0 Å². The van der Waals surface area contributed by atoms with E-state index in [0.717, 1.165) is 0 Å². The van der Waals surface area contributed by atoms with Crippen LogP contribution < -0.4 is 0 Å². The molecule has 0 aromatic carbocycles. The summed E-state index contributed by atoms with van der Waals surface area (Å²) in [5.74, 6) is 0. The number of rotatable bonds is 3. The normalized spacial score (nSPS) is 22.8. The van der Waals surface area contributed by atoms with Gasteiger partial charge < -0.3 is 5.11 Å². The summed E-state index contributed by atoms with van der Waals surface area (Å²) < 4.78 is 0. The summed E-state index contributed by atoms with van der Waals surface area (Å²) in [6.45, 7) is 7.11. The maximum atomic E-state index is 9.12. The molecule has 0 aliphatic heterocycles. The van der Waals surface area contributed by atoms with Gasteiger partial charge in [0.1, 0.15) is 0 Å². The molecule has 1 aliphatic rings. The van der Waals surface area contributed by atoms with E-state index in [1.165, 1.54) is 19.3 Å². The Labute approximate surface area is 63.4 Å². The van der Waals surface area contributed by atoms with Gasteiger partial charge in [0, 0.05) is 6.61 Å². The van der Waals surface area contributed by atoms with Gasteiger partial charge in [0.05, 0.1) is 0 Å². The fourth-order valence-corrected chi connectivity index (χ4v) is 1.57.